The maximum atomic E-state index is 6.27. The van der Waals surface area contributed by atoms with Crippen LogP contribution >= 0.6 is 0 Å². The Morgan fingerprint density at radius 3 is 2.82 bits per heavy atom. The van der Waals surface area contributed by atoms with Crippen molar-refractivity contribution in [2.24, 2.45) is 7.05 Å². The number of fused-ring (bicyclic) bond motifs is 1. The van der Waals surface area contributed by atoms with Gasteiger partial charge < -0.3 is 9.47 Å². The Kier molecular flexibility index (Phi) is 4.25. The van der Waals surface area contributed by atoms with E-state index in [1.807, 2.05) is 36.1 Å². The average Bonchev–Trinajstić information content (AvgIpc) is 3.38. The molecular formula is C20H20N6O2. The largest absolute Gasteiger partial charge is 0.474 e. The summed E-state index contributed by atoms with van der Waals surface area (Å²) in [5, 5.41) is 12.5. The van der Waals surface area contributed by atoms with Gasteiger partial charge >= 0.3 is 0 Å². The molecule has 4 aromatic rings. The molecule has 5 rings (SSSR count). The van der Waals surface area contributed by atoms with Crippen LogP contribution in [0.15, 0.2) is 43.0 Å². The minimum atomic E-state index is 0.110. The van der Waals surface area contributed by atoms with Gasteiger partial charge in [0.05, 0.1) is 36.0 Å². The Labute approximate surface area is 161 Å². The molecule has 0 amide bonds. The normalized spacial score (nSPS) is 15.2. The van der Waals surface area contributed by atoms with Crippen LogP contribution in [0.4, 0.5) is 0 Å². The highest BCUT2D eigenvalue weighted by Crippen LogP contribution is 2.35. The minimum Gasteiger partial charge on any atom is -0.474 e. The molecule has 1 saturated heterocycles. The average molecular weight is 376 g/mol. The van der Waals surface area contributed by atoms with Gasteiger partial charge in [0.2, 0.25) is 5.88 Å². The molecule has 1 fully saturated rings. The van der Waals surface area contributed by atoms with Gasteiger partial charge in [-0.1, -0.05) is 0 Å². The first-order valence-electron chi connectivity index (χ1n) is 9.31. The predicted molar refractivity (Wildman–Crippen MR) is 104 cm³/mol. The van der Waals surface area contributed by atoms with Gasteiger partial charge in [0.25, 0.3) is 0 Å². The Morgan fingerprint density at radius 2 is 2.00 bits per heavy atom. The van der Waals surface area contributed by atoms with Crippen molar-refractivity contribution in [3.05, 3.63) is 43.0 Å². The quantitative estimate of drug-likeness (QED) is 0.589. The van der Waals surface area contributed by atoms with Crippen molar-refractivity contribution in [2.75, 3.05) is 13.2 Å². The van der Waals surface area contributed by atoms with Gasteiger partial charge in [0, 0.05) is 49.6 Å². The lowest BCUT2D eigenvalue weighted by Crippen LogP contribution is -2.26. The molecule has 0 aromatic carbocycles. The highest BCUT2D eigenvalue weighted by atomic mass is 16.5. The van der Waals surface area contributed by atoms with E-state index in [1.165, 1.54) is 0 Å². The van der Waals surface area contributed by atoms with Crippen LogP contribution in [0.25, 0.3) is 33.4 Å². The third kappa shape index (κ3) is 3.01. The standard InChI is InChI=1S/C20H20N6O2/c1-26-17-3-7-22-20(28-15-4-8-27-9-5-15)18(17)19(25-26)13-2-6-21-16(10-13)14-11-23-24-12-14/h2-3,6-7,10-12,15H,4-5,8-9H2,1H3,(H,23,24). The Balaban J connectivity index is 1.61. The summed E-state index contributed by atoms with van der Waals surface area (Å²) in [6.07, 6.45) is 8.98. The van der Waals surface area contributed by atoms with Crippen molar-refractivity contribution >= 4 is 10.9 Å². The van der Waals surface area contributed by atoms with E-state index in [2.05, 4.69) is 20.2 Å². The fourth-order valence-electron chi connectivity index (χ4n) is 3.55. The Hall–Kier alpha value is -3.26. The van der Waals surface area contributed by atoms with E-state index in [0.717, 1.165) is 59.5 Å². The number of H-pyrrole nitrogens is 1. The van der Waals surface area contributed by atoms with Crippen molar-refractivity contribution in [3.63, 3.8) is 0 Å². The molecule has 0 atom stereocenters. The van der Waals surface area contributed by atoms with Gasteiger partial charge in [-0.2, -0.15) is 10.2 Å². The number of nitrogens with zero attached hydrogens (tertiary/aromatic N) is 5. The number of rotatable bonds is 4. The molecule has 5 heterocycles. The number of ether oxygens (including phenoxy) is 2. The summed E-state index contributed by atoms with van der Waals surface area (Å²) in [4.78, 5) is 8.98. The van der Waals surface area contributed by atoms with Crippen LogP contribution in [-0.4, -0.2) is 49.3 Å². The van der Waals surface area contributed by atoms with E-state index in [4.69, 9.17) is 14.6 Å². The summed E-state index contributed by atoms with van der Waals surface area (Å²) < 4.78 is 13.6. The number of hydrogen-bond acceptors (Lipinski definition) is 6. The monoisotopic (exact) mass is 376 g/mol. The zero-order chi connectivity index (χ0) is 18.9. The molecule has 0 spiro atoms. The molecule has 142 valence electrons. The number of aryl methyl sites for hydroxylation is 1. The second kappa shape index (κ2) is 7.05. The molecule has 0 unspecified atom stereocenters. The van der Waals surface area contributed by atoms with Gasteiger partial charge in [0.1, 0.15) is 11.8 Å². The van der Waals surface area contributed by atoms with Gasteiger partial charge in [0.15, 0.2) is 0 Å². The van der Waals surface area contributed by atoms with E-state index >= 15 is 0 Å². The minimum absolute atomic E-state index is 0.110. The first kappa shape index (κ1) is 16.9. The number of aromatic amines is 1. The van der Waals surface area contributed by atoms with Crippen LogP contribution in [0.5, 0.6) is 5.88 Å². The summed E-state index contributed by atoms with van der Waals surface area (Å²) >= 11 is 0. The lowest BCUT2D eigenvalue weighted by atomic mass is 10.1. The van der Waals surface area contributed by atoms with Crippen LogP contribution in [0.1, 0.15) is 12.8 Å². The van der Waals surface area contributed by atoms with Crippen molar-refractivity contribution in [2.45, 2.75) is 18.9 Å². The Morgan fingerprint density at radius 1 is 1.14 bits per heavy atom. The topological polar surface area (TPSA) is 90.7 Å². The zero-order valence-electron chi connectivity index (χ0n) is 15.5. The highest BCUT2D eigenvalue weighted by molar-refractivity contribution is 5.97. The van der Waals surface area contributed by atoms with Gasteiger partial charge in [-0.05, 0) is 18.2 Å². The van der Waals surface area contributed by atoms with E-state index in [9.17, 15) is 0 Å². The summed E-state index contributed by atoms with van der Waals surface area (Å²) in [6.45, 7) is 1.44. The molecule has 8 heteroatoms. The third-order valence-electron chi connectivity index (χ3n) is 5.00. The summed E-state index contributed by atoms with van der Waals surface area (Å²) in [7, 11) is 1.93. The van der Waals surface area contributed by atoms with Crippen LogP contribution in [0.3, 0.4) is 0 Å². The molecular weight excluding hydrogens is 356 g/mol. The van der Waals surface area contributed by atoms with E-state index in [-0.39, 0.29) is 6.10 Å². The first-order valence-corrected chi connectivity index (χ1v) is 9.31. The molecule has 0 aliphatic carbocycles. The molecule has 4 aromatic heterocycles. The number of pyridine rings is 2. The van der Waals surface area contributed by atoms with Crippen LogP contribution in [-0.2, 0) is 11.8 Å². The fraction of sp³-hybridized carbons (Fsp3) is 0.300. The smallest absolute Gasteiger partial charge is 0.225 e. The van der Waals surface area contributed by atoms with E-state index in [1.54, 1.807) is 18.6 Å². The van der Waals surface area contributed by atoms with Crippen LogP contribution in [0, 0.1) is 0 Å². The maximum absolute atomic E-state index is 6.27. The maximum Gasteiger partial charge on any atom is 0.225 e. The molecule has 28 heavy (non-hydrogen) atoms. The van der Waals surface area contributed by atoms with Gasteiger partial charge in [-0.15, -0.1) is 0 Å². The predicted octanol–water partition coefficient (Wildman–Crippen LogP) is 2.98. The van der Waals surface area contributed by atoms with Crippen molar-refractivity contribution in [1.29, 1.82) is 0 Å². The molecule has 0 saturated carbocycles. The number of nitrogens with one attached hydrogen (secondary N) is 1. The van der Waals surface area contributed by atoms with E-state index < -0.39 is 0 Å². The SMILES string of the molecule is Cn1nc(-c2ccnc(-c3cn[nH]c3)c2)c2c(OC3CCOCC3)nccc21. The summed E-state index contributed by atoms with van der Waals surface area (Å²) in [5.74, 6) is 0.620. The molecule has 1 N–H and O–H groups in total. The molecule has 1 aliphatic rings. The van der Waals surface area contributed by atoms with Crippen molar-refractivity contribution in [3.8, 4) is 28.4 Å². The van der Waals surface area contributed by atoms with Gasteiger partial charge in [-0.3, -0.25) is 14.8 Å². The zero-order valence-corrected chi connectivity index (χ0v) is 15.5. The second-order valence-electron chi connectivity index (χ2n) is 6.83. The summed E-state index contributed by atoms with van der Waals surface area (Å²) in [6, 6.07) is 5.93. The molecule has 8 nitrogen and oxygen atoms in total. The first-order chi connectivity index (χ1) is 13.8. The second-order valence-corrected chi connectivity index (χ2v) is 6.83. The van der Waals surface area contributed by atoms with Crippen LogP contribution < -0.4 is 4.74 Å². The fourth-order valence-corrected chi connectivity index (χ4v) is 3.55. The molecule has 0 bridgehead atoms. The van der Waals surface area contributed by atoms with Crippen LogP contribution in [0.2, 0.25) is 0 Å². The summed E-state index contributed by atoms with van der Waals surface area (Å²) in [5.41, 5.74) is 4.54. The third-order valence-corrected chi connectivity index (χ3v) is 5.00. The molecule has 0 radical (unpaired) electrons. The van der Waals surface area contributed by atoms with E-state index in [0.29, 0.717) is 5.88 Å². The highest BCUT2D eigenvalue weighted by Gasteiger charge is 2.21. The number of hydrogen-bond donors (Lipinski definition) is 1. The molecule has 1 aliphatic heterocycles. The van der Waals surface area contributed by atoms with Gasteiger partial charge in [-0.25, -0.2) is 4.98 Å². The Bertz CT molecular complexity index is 1100. The lowest BCUT2D eigenvalue weighted by Gasteiger charge is -2.23. The van der Waals surface area contributed by atoms with Crippen molar-refractivity contribution < 1.29 is 9.47 Å². The van der Waals surface area contributed by atoms with Crippen molar-refractivity contribution in [1.82, 2.24) is 29.9 Å². The lowest BCUT2D eigenvalue weighted by molar-refractivity contribution is 0.0244. The number of aromatic nitrogens is 6.